The van der Waals surface area contributed by atoms with E-state index >= 15 is 0 Å². The number of hydrogen-bond acceptors (Lipinski definition) is 2. The molecule has 2 N–H and O–H groups in total. The van der Waals surface area contributed by atoms with E-state index in [1.807, 2.05) is 4.90 Å². The van der Waals surface area contributed by atoms with Gasteiger partial charge in [-0.25, -0.2) is 0 Å². The van der Waals surface area contributed by atoms with Crippen molar-refractivity contribution in [2.24, 2.45) is 16.6 Å². The highest BCUT2D eigenvalue weighted by molar-refractivity contribution is 7.80. The molecule has 92 valence electrons. The van der Waals surface area contributed by atoms with Gasteiger partial charge in [0.1, 0.15) is 0 Å². The van der Waals surface area contributed by atoms with E-state index in [4.69, 9.17) is 18.0 Å². The van der Waals surface area contributed by atoms with Crippen molar-refractivity contribution in [2.45, 2.75) is 40.5 Å². The molecule has 1 aliphatic rings. The van der Waals surface area contributed by atoms with Gasteiger partial charge in [-0.2, -0.15) is 0 Å². The molecular weight excluding hydrogens is 220 g/mol. The first kappa shape index (κ1) is 13.4. The van der Waals surface area contributed by atoms with Gasteiger partial charge in [-0.15, -0.1) is 0 Å². The number of amides is 1. The minimum Gasteiger partial charge on any atom is -0.392 e. The van der Waals surface area contributed by atoms with Crippen LogP contribution in [0.25, 0.3) is 0 Å². The van der Waals surface area contributed by atoms with Crippen LogP contribution in [0, 0.1) is 10.8 Å². The van der Waals surface area contributed by atoms with Crippen molar-refractivity contribution in [3.05, 3.63) is 0 Å². The van der Waals surface area contributed by atoms with Crippen LogP contribution in [0.2, 0.25) is 0 Å². The van der Waals surface area contributed by atoms with Crippen LogP contribution in [0.4, 0.5) is 0 Å². The first-order chi connectivity index (χ1) is 7.17. The van der Waals surface area contributed by atoms with Crippen molar-refractivity contribution in [2.75, 3.05) is 13.1 Å². The quantitative estimate of drug-likeness (QED) is 0.753. The molecule has 0 saturated carbocycles. The van der Waals surface area contributed by atoms with Gasteiger partial charge in [-0.3, -0.25) is 4.79 Å². The number of nitrogens with two attached hydrogens (primary N) is 1. The maximum atomic E-state index is 12.3. The molecule has 0 aromatic carbocycles. The maximum absolute atomic E-state index is 12.3. The summed E-state index contributed by atoms with van der Waals surface area (Å²) >= 11 is 4.96. The normalized spacial score (nSPS) is 20.6. The third kappa shape index (κ3) is 2.73. The molecule has 3 nitrogen and oxygen atoms in total. The minimum absolute atomic E-state index is 0.0628. The molecule has 1 amide bonds. The van der Waals surface area contributed by atoms with Crippen LogP contribution < -0.4 is 5.73 Å². The summed E-state index contributed by atoms with van der Waals surface area (Å²) in [5.41, 5.74) is 5.12. The largest absolute Gasteiger partial charge is 0.392 e. The lowest BCUT2D eigenvalue weighted by Crippen LogP contribution is -2.52. The lowest BCUT2D eigenvalue weighted by atomic mass is 9.82. The van der Waals surface area contributed by atoms with Gasteiger partial charge in [0, 0.05) is 13.1 Å². The van der Waals surface area contributed by atoms with Crippen molar-refractivity contribution in [1.29, 1.82) is 0 Å². The number of nitrogens with zero attached hydrogens (tertiary/aromatic N) is 1. The molecule has 0 aromatic heterocycles. The highest BCUT2D eigenvalue weighted by Gasteiger charge is 2.38. The zero-order chi connectivity index (χ0) is 12.6. The second kappa shape index (κ2) is 4.32. The van der Waals surface area contributed by atoms with Crippen molar-refractivity contribution < 1.29 is 4.79 Å². The predicted molar refractivity (Wildman–Crippen MR) is 70.2 cm³/mol. The number of carbonyl (C=O) groups excluding carboxylic acids is 1. The summed E-state index contributed by atoms with van der Waals surface area (Å²) in [5, 5.41) is 0. The molecule has 0 atom stereocenters. The standard InChI is InChI=1S/C12H22N2OS/c1-11(2)6-5-7-14(8-11)10(15)12(3,4)9(13)16/h5-8H2,1-4H3,(H2,13,16). The zero-order valence-corrected chi connectivity index (χ0v) is 11.5. The second-order valence-electron chi connectivity index (χ2n) is 5.98. The predicted octanol–water partition coefficient (Wildman–Crippen LogP) is 1.95. The Morgan fingerprint density at radius 3 is 2.44 bits per heavy atom. The number of piperidine rings is 1. The Morgan fingerprint density at radius 1 is 1.44 bits per heavy atom. The van der Waals surface area contributed by atoms with Crippen LogP contribution in [0.5, 0.6) is 0 Å². The lowest BCUT2D eigenvalue weighted by Gasteiger charge is -2.41. The van der Waals surface area contributed by atoms with Gasteiger partial charge < -0.3 is 10.6 Å². The Kier molecular flexibility index (Phi) is 3.62. The highest BCUT2D eigenvalue weighted by atomic mass is 32.1. The lowest BCUT2D eigenvalue weighted by molar-refractivity contribution is -0.140. The maximum Gasteiger partial charge on any atom is 0.235 e. The van der Waals surface area contributed by atoms with Gasteiger partial charge in [0.15, 0.2) is 0 Å². The van der Waals surface area contributed by atoms with E-state index in [1.165, 1.54) is 6.42 Å². The number of rotatable bonds is 2. The topological polar surface area (TPSA) is 46.3 Å². The third-order valence-electron chi connectivity index (χ3n) is 3.34. The highest BCUT2D eigenvalue weighted by Crippen LogP contribution is 2.31. The van der Waals surface area contributed by atoms with E-state index in [-0.39, 0.29) is 16.3 Å². The van der Waals surface area contributed by atoms with Crippen LogP contribution >= 0.6 is 12.2 Å². The van der Waals surface area contributed by atoms with Crippen LogP contribution in [-0.2, 0) is 4.79 Å². The molecule has 0 aliphatic carbocycles. The Labute approximate surface area is 103 Å². The SMILES string of the molecule is CC1(C)CCCN(C(=O)C(C)(C)C(N)=S)C1. The average molecular weight is 242 g/mol. The first-order valence-corrected chi connectivity index (χ1v) is 6.17. The summed E-state index contributed by atoms with van der Waals surface area (Å²) in [5.74, 6) is 0.0628. The fourth-order valence-corrected chi connectivity index (χ4v) is 2.18. The third-order valence-corrected chi connectivity index (χ3v) is 3.85. The summed E-state index contributed by atoms with van der Waals surface area (Å²) in [6.07, 6.45) is 2.23. The van der Waals surface area contributed by atoms with Crippen LogP contribution in [-0.4, -0.2) is 28.9 Å². The van der Waals surface area contributed by atoms with Crippen LogP contribution in [0.1, 0.15) is 40.5 Å². The molecule has 1 aliphatic heterocycles. The van der Waals surface area contributed by atoms with E-state index in [2.05, 4.69) is 13.8 Å². The number of likely N-dealkylation sites (tertiary alicyclic amines) is 1. The smallest absolute Gasteiger partial charge is 0.235 e. The van der Waals surface area contributed by atoms with Crippen molar-refractivity contribution in [1.82, 2.24) is 4.90 Å². The van der Waals surface area contributed by atoms with Crippen molar-refractivity contribution in [3.8, 4) is 0 Å². The average Bonchev–Trinajstić information content (AvgIpc) is 2.14. The Hall–Kier alpha value is -0.640. The van der Waals surface area contributed by atoms with E-state index in [0.29, 0.717) is 0 Å². The summed E-state index contributed by atoms with van der Waals surface area (Å²) < 4.78 is 0. The molecular formula is C12H22N2OS. The summed E-state index contributed by atoms with van der Waals surface area (Å²) in [4.78, 5) is 14.5. The monoisotopic (exact) mass is 242 g/mol. The van der Waals surface area contributed by atoms with Gasteiger partial charge in [-0.1, -0.05) is 26.1 Å². The minimum atomic E-state index is -0.719. The summed E-state index contributed by atoms with van der Waals surface area (Å²) in [6, 6.07) is 0. The van der Waals surface area contributed by atoms with Crippen molar-refractivity contribution in [3.63, 3.8) is 0 Å². The van der Waals surface area contributed by atoms with Gasteiger partial charge in [0.2, 0.25) is 5.91 Å². The molecule has 0 bridgehead atoms. The molecule has 1 rings (SSSR count). The molecule has 0 unspecified atom stereocenters. The summed E-state index contributed by atoms with van der Waals surface area (Å²) in [6.45, 7) is 9.63. The molecule has 1 heterocycles. The second-order valence-corrected chi connectivity index (χ2v) is 6.42. The molecule has 1 saturated heterocycles. The van der Waals surface area contributed by atoms with Gasteiger partial charge >= 0.3 is 0 Å². The number of carbonyl (C=O) groups is 1. The fourth-order valence-electron chi connectivity index (χ4n) is 2.10. The molecule has 0 aromatic rings. The van der Waals surface area contributed by atoms with Crippen LogP contribution in [0.15, 0.2) is 0 Å². The van der Waals surface area contributed by atoms with Crippen molar-refractivity contribution >= 4 is 23.1 Å². The summed E-state index contributed by atoms with van der Waals surface area (Å²) in [7, 11) is 0. The van der Waals surface area contributed by atoms with Crippen LogP contribution in [0.3, 0.4) is 0 Å². The molecule has 16 heavy (non-hydrogen) atoms. The Morgan fingerprint density at radius 2 is 2.00 bits per heavy atom. The zero-order valence-electron chi connectivity index (χ0n) is 10.7. The van der Waals surface area contributed by atoms with Gasteiger partial charge in [0.25, 0.3) is 0 Å². The Balaban J connectivity index is 2.79. The molecule has 0 spiro atoms. The van der Waals surface area contributed by atoms with E-state index < -0.39 is 5.41 Å². The van der Waals surface area contributed by atoms with Gasteiger partial charge in [0.05, 0.1) is 10.4 Å². The first-order valence-electron chi connectivity index (χ1n) is 5.76. The number of hydrogen-bond donors (Lipinski definition) is 1. The molecule has 4 heteroatoms. The number of thiocarbonyl (C=S) groups is 1. The van der Waals surface area contributed by atoms with E-state index in [1.54, 1.807) is 13.8 Å². The fraction of sp³-hybridized carbons (Fsp3) is 0.833. The molecule has 1 fully saturated rings. The Bertz CT molecular complexity index is 310. The van der Waals surface area contributed by atoms with Gasteiger partial charge in [-0.05, 0) is 32.1 Å². The van der Waals surface area contributed by atoms with E-state index in [0.717, 1.165) is 19.5 Å². The molecule has 0 radical (unpaired) electrons. The van der Waals surface area contributed by atoms with E-state index in [9.17, 15) is 4.79 Å².